The van der Waals surface area contributed by atoms with Gasteiger partial charge in [0.2, 0.25) is 0 Å². The van der Waals surface area contributed by atoms with Crippen molar-refractivity contribution in [2.45, 2.75) is 13.0 Å². The molecule has 102 valence electrons. The zero-order chi connectivity index (χ0) is 13.8. The molecule has 0 spiro atoms. The fourth-order valence-electron chi connectivity index (χ4n) is 2.07. The number of nitro benzene ring substituents is 1. The lowest BCUT2D eigenvalue weighted by Gasteiger charge is -2.32. The van der Waals surface area contributed by atoms with Crippen LogP contribution in [-0.2, 0) is 0 Å². The maximum atomic E-state index is 12.2. The molecule has 1 aromatic carbocycles. The summed E-state index contributed by atoms with van der Waals surface area (Å²) < 4.78 is 0. The molecule has 1 aromatic rings. The number of thioether (sulfide) groups is 1. The number of non-ortho nitro benzene ring substituents is 1. The molecule has 0 bridgehead atoms. The lowest BCUT2D eigenvalue weighted by atomic mass is 10.1. The summed E-state index contributed by atoms with van der Waals surface area (Å²) in [6.07, 6.45) is 0. The van der Waals surface area contributed by atoms with E-state index in [0.29, 0.717) is 18.2 Å². The highest BCUT2D eigenvalue weighted by atomic mass is 32.2. The summed E-state index contributed by atoms with van der Waals surface area (Å²) in [5.74, 6) is 2.01. The minimum atomic E-state index is -0.475. The van der Waals surface area contributed by atoms with Crippen molar-refractivity contribution in [1.29, 1.82) is 0 Å². The van der Waals surface area contributed by atoms with Crippen LogP contribution in [0.1, 0.15) is 17.3 Å². The van der Waals surface area contributed by atoms with Gasteiger partial charge in [0, 0.05) is 41.8 Å². The van der Waals surface area contributed by atoms with E-state index in [2.05, 4.69) is 11.8 Å². The minimum absolute atomic E-state index is 0.0342. The summed E-state index contributed by atoms with van der Waals surface area (Å²) in [5, 5.41) is 10.7. The largest absolute Gasteiger partial charge is 0.293 e. The molecule has 0 radical (unpaired) electrons. The second-order valence-electron chi connectivity index (χ2n) is 4.63. The standard InChI is InChI=1S/C13H16N2O3S/c1-10-9-19-6-5-14(10)8-13(16)11-3-2-4-12(7-11)15(17)18/h2-4,7,10H,5-6,8-9H2,1H3. The fourth-order valence-corrected chi connectivity index (χ4v) is 3.15. The normalized spacial score (nSPS) is 20.2. The number of Topliss-reactive ketones (excluding diaryl/α,β-unsaturated/α-hetero) is 1. The van der Waals surface area contributed by atoms with Gasteiger partial charge in [-0.05, 0) is 6.92 Å². The smallest absolute Gasteiger partial charge is 0.270 e. The van der Waals surface area contributed by atoms with Crippen molar-refractivity contribution in [2.24, 2.45) is 0 Å². The van der Waals surface area contributed by atoms with Crippen LogP contribution in [0.4, 0.5) is 5.69 Å². The summed E-state index contributed by atoms with van der Waals surface area (Å²) in [6.45, 7) is 3.34. The SMILES string of the molecule is CC1CSCCN1CC(=O)c1cccc([N+](=O)[O-])c1. The maximum absolute atomic E-state index is 12.2. The molecule has 1 saturated heterocycles. The second kappa shape index (κ2) is 6.16. The molecular weight excluding hydrogens is 264 g/mol. The maximum Gasteiger partial charge on any atom is 0.270 e. The lowest BCUT2D eigenvalue weighted by Crippen LogP contribution is -2.43. The highest BCUT2D eigenvalue weighted by Gasteiger charge is 2.22. The quantitative estimate of drug-likeness (QED) is 0.481. The molecule has 1 heterocycles. The van der Waals surface area contributed by atoms with Crippen LogP contribution in [0, 0.1) is 10.1 Å². The number of carbonyl (C=O) groups is 1. The van der Waals surface area contributed by atoms with Crippen molar-refractivity contribution in [3.05, 3.63) is 39.9 Å². The van der Waals surface area contributed by atoms with Crippen LogP contribution < -0.4 is 0 Å². The topological polar surface area (TPSA) is 63.5 Å². The van der Waals surface area contributed by atoms with Crippen LogP contribution in [0.15, 0.2) is 24.3 Å². The number of hydrogen-bond acceptors (Lipinski definition) is 5. The number of benzene rings is 1. The third kappa shape index (κ3) is 3.54. The number of rotatable bonds is 4. The van der Waals surface area contributed by atoms with Gasteiger partial charge in [-0.25, -0.2) is 0 Å². The van der Waals surface area contributed by atoms with Crippen molar-refractivity contribution in [3.8, 4) is 0 Å². The molecule has 19 heavy (non-hydrogen) atoms. The molecule has 0 aromatic heterocycles. The molecule has 1 aliphatic heterocycles. The number of hydrogen-bond donors (Lipinski definition) is 0. The van der Waals surface area contributed by atoms with Gasteiger partial charge < -0.3 is 0 Å². The zero-order valence-corrected chi connectivity index (χ0v) is 11.6. The first-order valence-corrected chi connectivity index (χ1v) is 7.33. The average Bonchev–Trinajstić information content (AvgIpc) is 2.41. The van der Waals surface area contributed by atoms with E-state index in [-0.39, 0.29) is 11.5 Å². The van der Waals surface area contributed by atoms with Crippen LogP contribution in [0.2, 0.25) is 0 Å². The van der Waals surface area contributed by atoms with Crippen molar-refractivity contribution < 1.29 is 9.72 Å². The first-order chi connectivity index (χ1) is 9.08. The van der Waals surface area contributed by atoms with Gasteiger partial charge in [-0.2, -0.15) is 11.8 Å². The van der Waals surface area contributed by atoms with Crippen LogP contribution in [0.3, 0.4) is 0 Å². The molecule has 5 nitrogen and oxygen atoms in total. The van der Waals surface area contributed by atoms with E-state index in [4.69, 9.17) is 0 Å². The Hall–Kier alpha value is -1.40. The second-order valence-corrected chi connectivity index (χ2v) is 5.77. The van der Waals surface area contributed by atoms with Gasteiger partial charge >= 0.3 is 0 Å². The Balaban J connectivity index is 2.07. The van der Waals surface area contributed by atoms with E-state index in [1.807, 2.05) is 11.8 Å². The Kier molecular flexibility index (Phi) is 4.55. The molecule has 1 unspecified atom stereocenters. The van der Waals surface area contributed by atoms with Gasteiger partial charge in [-0.1, -0.05) is 12.1 Å². The van der Waals surface area contributed by atoms with Gasteiger partial charge in [-0.3, -0.25) is 19.8 Å². The minimum Gasteiger partial charge on any atom is -0.293 e. The Labute approximate surface area is 116 Å². The predicted octanol–water partition coefficient (Wildman–Crippen LogP) is 2.21. The van der Waals surface area contributed by atoms with E-state index in [9.17, 15) is 14.9 Å². The molecule has 0 amide bonds. The van der Waals surface area contributed by atoms with Crippen molar-refractivity contribution in [3.63, 3.8) is 0 Å². The summed E-state index contributed by atoms with van der Waals surface area (Å²) in [7, 11) is 0. The van der Waals surface area contributed by atoms with Gasteiger partial charge in [0.15, 0.2) is 5.78 Å². The van der Waals surface area contributed by atoms with Crippen LogP contribution in [0.25, 0.3) is 0 Å². The number of nitro groups is 1. The first-order valence-electron chi connectivity index (χ1n) is 6.17. The third-order valence-electron chi connectivity index (χ3n) is 3.23. The molecule has 0 saturated carbocycles. The van der Waals surface area contributed by atoms with E-state index < -0.39 is 4.92 Å². The van der Waals surface area contributed by atoms with Crippen molar-refractivity contribution >= 4 is 23.2 Å². The average molecular weight is 280 g/mol. The number of nitrogens with zero attached hydrogens (tertiary/aromatic N) is 2. The molecule has 2 rings (SSSR count). The van der Waals surface area contributed by atoms with Gasteiger partial charge in [-0.15, -0.1) is 0 Å². The highest BCUT2D eigenvalue weighted by Crippen LogP contribution is 2.18. The van der Waals surface area contributed by atoms with Gasteiger partial charge in [0.05, 0.1) is 11.5 Å². The van der Waals surface area contributed by atoms with Gasteiger partial charge in [0.1, 0.15) is 0 Å². The number of ketones is 1. The van der Waals surface area contributed by atoms with Crippen molar-refractivity contribution in [2.75, 3.05) is 24.6 Å². The predicted molar refractivity (Wildman–Crippen MR) is 75.8 cm³/mol. The van der Waals surface area contributed by atoms with E-state index in [1.165, 1.54) is 12.1 Å². The molecule has 6 heteroatoms. The van der Waals surface area contributed by atoms with Crippen molar-refractivity contribution in [1.82, 2.24) is 4.90 Å². The van der Waals surface area contributed by atoms with Gasteiger partial charge in [0.25, 0.3) is 5.69 Å². The first kappa shape index (κ1) is 14.0. The fraction of sp³-hybridized carbons (Fsp3) is 0.462. The Bertz CT molecular complexity index is 493. The molecule has 0 N–H and O–H groups in total. The molecule has 0 aliphatic carbocycles. The molecule has 1 aliphatic rings. The molecule has 1 fully saturated rings. The zero-order valence-electron chi connectivity index (χ0n) is 10.7. The third-order valence-corrected chi connectivity index (χ3v) is 4.42. The summed E-state index contributed by atoms with van der Waals surface area (Å²) >= 11 is 1.89. The summed E-state index contributed by atoms with van der Waals surface area (Å²) in [6, 6.07) is 6.32. The summed E-state index contributed by atoms with van der Waals surface area (Å²) in [4.78, 5) is 24.5. The van der Waals surface area contributed by atoms with E-state index in [1.54, 1.807) is 12.1 Å². The Morgan fingerprint density at radius 3 is 3.05 bits per heavy atom. The molecular formula is C13H16N2O3S. The number of carbonyl (C=O) groups excluding carboxylic acids is 1. The highest BCUT2D eigenvalue weighted by molar-refractivity contribution is 7.99. The monoisotopic (exact) mass is 280 g/mol. The van der Waals surface area contributed by atoms with E-state index >= 15 is 0 Å². The van der Waals surface area contributed by atoms with Crippen LogP contribution in [0.5, 0.6) is 0 Å². The van der Waals surface area contributed by atoms with E-state index in [0.717, 1.165) is 18.1 Å². The van der Waals surface area contributed by atoms with Crippen LogP contribution >= 0.6 is 11.8 Å². The summed E-state index contributed by atoms with van der Waals surface area (Å²) in [5.41, 5.74) is 0.382. The Morgan fingerprint density at radius 2 is 2.37 bits per heavy atom. The Morgan fingerprint density at radius 1 is 1.58 bits per heavy atom. The van der Waals surface area contributed by atoms with Crippen LogP contribution in [-0.4, -0.2) is 46.2 Å². The lowest BCUT2D eigenvalue weighted by molar-refractivity contribution is -0.384. The molecule has 1 atom stereocenters.